The Morgan fingerprint density at radius 1 is 1.33 bits per heavy atom. The van der Waals surface area contributed by atoms with Gasteiger partial charge in [-0.1, -0.05) is 18.2 Å². The SMILES string of the molecule is COCCn1ccnc1[C@H]1CCCN(C(=O)c2cn(C)c3ccccc23)C1. The minimum Gasteiger partial charge on any atom is -0.383 e. The Labute approximate surface area is 159 Å². The topological polar surface area (TPSA) is 52.3 Å². The molecule has 27 heavy (non-hydrogen) atoms. The number of amides is 1. The highest BCUT2D eigenvalue weighted by atomic mass is 16.5. The molecule has 0 unspecified atom stereocenters. The normalized spacial score (nSPS) is 17.6. The van der Waals surface area contributed by atoms with Gasteiger partial charge in [0.25, 0.3) is 5.91 Å². The molecule has 0 saturated carbocycles. The molecule has 1 amide bonds. The van der Waals surface area contributed by atoms with E-state index in [1.807, 2.05) is 53.3 Å². The van der Waals surface area contributed by atoms with Gasteiger partial charge in [0.2, 0.25) is 0 Å². The third-order valence-corrected chi connectivity index (χ3v) is 5.49. The molecular formula is C21H26N4O2. The van der Waals surface area contributed by atoms with Crippen molar-refractivity contribution in [3.63, 3.8) is 0 Å². The molecule has 3 aromatic rings. The van der Waals surface area contributed by atoms with Crippen LogP contribution < -0.4 is 0 Å². The van der Waals surface area contributed by atoms with Crippen LogP contribution in [0.5, 0.6) is 0 Å². The summed E-state index contributed by atoms with van der Waals surface area (Å²) in [7, 11) is 3.70. The number of nitrogens with zero attached hydrogens (tertiary/aromatic N) is 4. The van der Waals surface area contributed by atoms with E-state index >= 15 is 0 Å². The molecule has 1 aliphatic heterocycles. The van der Waals surface area contributed by atoms with Crippen LogP contribution in [0.25, 0.3) is 10.9 Å². The van der Waals surface area contributed by atoms with E-state index in [-0.39, 0.29) is 11.8 Å². The quantitative estimate of drug-likeness (QED) is 0.697. The van der Waals surface area contributed by atoms with Crippen LogP contribution in [0.4, 0.5) is 0 Å². The van der Waals surface area contributed by atoms with Crippen LogP contribution in [0.15, 0.2) is 42.9 Å². The molecular weight excluding hydrogens is 340 g/mol. The Hall–Kier alpha value is -2.60. The number of imidazole rings is 1. The molecule has 0 radical (unpaired) electrons. The van der Waals surface area contributed by atoms with Crippen molar-refractivity contribution in [1.82, 2.24) is 19.0 Å². The number of carbonyl (C=O) groups is 1. The largest absolute Gasteiger partial charge is 0.383 e. The Morgan fingerprint density at radius 3 is 3.04 bits per heavy atom. The number of ether oxygens (including phenoxy) is 1. The first-order chi connectivity index (χ1) is 13.2. The van der Waals surface area contributed by atoms with Crippen LogP contribution in [-0.2, 0) is 18.3 Å². The lowest BCUT2D eigenvalue weighted by atomic mass is 9.96. The summed E-state index contributed by atoms with van der Waals surface area (Å²) >= 11 is 0. The number of hydrogen-bond acceptors (Lipinski definition) is 3. The lowest BCUT2D eigenvalue weighted by molar-refractivity contribution is 0.0704. The smallest absolute Gasteiger partial charge is 0.256 e. The van der Waals surface area contributed by atoms with Crippen LogP contribution in [0.2, 0.25) is 0 Å². The molecule has 1 saturated heterocycles. The van der Waals surface area contributed by atoms with E-state index in [2.05, 4.69) is 15.6 Å². The molecule has 1 aromatic carbocycles. The number of benzene rings is 1. The number of likely N-dealkylation sites (tertiary alicyclic amines) is 1. The maximum atomic E-state index is 13.3. The van der Waals surface area contributed by atoms with Gasteiger partial charge in [-0.3, -0.25) is 4.79 Å². The third kappa shape index (κ3) is 3.37. The van der Waals surface area contributed by atoms with Gasteiger partial charge in [0.15, 0.2) is 0 Å². The molecule has 1 atom stereocenters. The molecule has 6 nitrogen and oxygen atoms in total. The molecule has 4 rings (SSSR count). The van der Waals surface area contributed by atoms with Crippen LogP contribution in [-0.4, -0.2) is 51.7 Å². The first kappa shape index (κ1) is 17.8. The maximum absolute atomic E-state index is 13.3. The fraction of sp³-hybridized carbons (Fsp3) is 0.429. The highest BCUT2D eigenvalue weighted by Gasteiger charge is 2.29. The molecule has 1 aliphatic rings. The van der Waals surface area contributed by atoms with Crippen molar-refractivity contribution in [2.24, 2.45) is 7.05 Å². The number of rotatable bonds is 5. The first-order valence-corrected chi connectivity index (χ1v) is 9.52. The second kappa shape index (κ2) is 7.56. The molecule has 0 bridgehead atoms. The number of piperidine rings is 1. The number of hydrogen-bond donors (Lipinski definition) is 0. The summed E-state index contributed by atoms with van der Waals surface area (Å²) in [5, 5.41) is 1.02. The number of aryl methyl sites for hydroxylation is 1. The van der Waals surface area contributed by atoms with Crippen molar-refractivity contribution >= 4 is 16.8 Å². The van der Waals surface area contributed by atoms with Gasteiger partial charge in [0, 0.05) is 69.2 Å². The van der Waals surface area contributed by atoms with Crippen molar-refractivity contribution in [3.05, 3.63) is 54.2 Å². The molecule has 6 heteroatoms. The molecule has 2 aromatic heterocycles. The molecule has 0 N–H and O–H groups in total. The monoisotopic (exact) mass is 366 g/mol. The number of methoxy groups -OCH3 is 1. The standard InChI is InChI=1S/C21H26N4O2/c1-23-15-18(17-7-3-4-8-19(17)23)21(26)25-10-5-6-16(14-25)20-22-9-11-24(20)12-13-27-2/h3-4,7-9,11,15-16H,5-6,10,12-14H2,1-2H3/t16-/m0/s1. The number of para-hydroxylation sites is 1. The van der Waals surface area contributed by atoms with E-state index in [0.29, 0.717) is 13.2 Å². The fourth-order valence-corrected chi connectivity index (χ4v) is 4.11. The molecule has 0 aliphatic carbocycles. The second-order valence-corrected chi connectivity index (χ2v) is 7.23. The fourth-order valence-electron chi connectivity index (χ4n) is 4.11. The van der Waals surface area contributed by atoms with E-state index < -0.39 is 0 Å². The first-order valence-electron chi connectivity index (χ1n) is 9.52. The van der Waals surface area contributed by atoms with Crippen molar-refractivity contribution < 1.29 is 9.53 Å². The minimum absolute atomic E-state index is 0.117. The van der Waals surface area contributed by atoms with E-state index in [1.165, 1.54) is 0 Å². The summed E-state index contributed by atoms with van der Waals surface area (Å²) in [6, 6.07) is 8.08. The van der Waals surface area contributed by atoms with E-state index in [9.17, 15) is 4.79 Å². The maximum Gasteiger partial charge on any atom is 0.256 e. The Morgan fingerprint density at radius 2 is 2.19 bits per heavy atom. The summed E-state index contributed by atoms with van der Waals surface area (Å²) in [4.78, 5) is 19.8. The zero-order valence-electron chi connectivity index (χ0n) is 16.0. The van der Waals surface area contributed by atoms with E-state index in [4.69, 9.17) is 4.74 Å². The Bertz CT molecular complexity index is 943. The zero-order valence-corrected chi connectivity index (χ0v) is 16.0. The predicted molar refractivity (Wildman–Crippen MR) is 105 cm³/mol. The van der Waals surface area contributed by atoms with Crippen LogP contribution in [0.3, 0.4) is 0 Å². The summed E-state index contributed by atoms with van der Waals surface area (Å²) in [6.07, 6.45) is 7.86. The second-order valence-electron chi connectivity index (χ2n) is 7.23. The summed E-state index contributed by atoms with van der Waals surface area (Å²) in [6.45, 7) is 2.97. The van der Waals surface area contributed by atoms with E-state index in [1.54, 1.807) is 7.11 Å². The minimum atomic E-state index is 0.117. The average Bonchev–Trinajstić information content (AvgIpc) is 3.31. The van der Waals surface area contributed by atoms with Gasteiger partial charge in [-0.15, -0.1) is 0 Å². The van der Waals surface area contributed by atoms with Gasteiger partial charge in [-0.05, 0) is 18.9 Å². The van der Waals surface area contributed by atoms with Crippen LogP contribution >= 0.6 is 0 Å². The molecule has 3 heterocycles. The van der Waals surface area contributed by atoms with Gasteiger partial charge in [0.05, 0.1) is 12.2 Å². The number of fused-ring (bicyclic) bond motifs is 1. The van der Waals surface area contributed by atoms with Gasteiger partial charge < -0.3 is 18.8 Å². The highest BCUT2D eigenvalue weighted by Crippen LogP contribution is 2.29. The zero-order chi connectivity index (χ0) is 18.8. The van der Waals surface area contributed by atoms with E-state index in [0.717, 1.165) is 48.2 Å². The molecule has 1 fully saturated rings. The highest BCUT2D eigenvalue weighted by molar-refractivity contribution is 6.07. The van der Waals surface area contributed by atoms with Crippen LogP contribution in [0.1, 0.15) is 34.9 Å². The number of aromatic nitrogens is 3. The molecule has 142 valence electrons. The van der Waals surface area contributed by atoms with Crippen LogP contribution in [0, 0.1) is 0 Å². The lowest BCUT2D eigenvalue weighted by Gasteiger charge is -2.32. The predicted octanol–water partition coefficient (Wildman–Crippen LogP) is 3.04. The van der Waals surface area contributed by atoms with Gasteiger partial charge in [-0.25, -0.2) is 4.98 Å². The average molecular weight is 366 g/mol. The third-order valence-electron chi connectivity index (χ3n) is 5.49. The Balaban J connectivity index is 1.56. The molecule has 0 spiro atoms. The van der Waals surface area contributed by atoms with Gasteiger partial charge in [0.1, 0.15) is 5.82 Å². The van der Waals surface area contributed by atoms with Crippen molar-refractivity contribution in [2.75, 3.05) is 26.8 Å². The summed E-state index contributed by atoms with van der Waals surface area (Å²) < 4.78 is 9.38. The van der Waals surface area contributed by atoms with Crippen molar-refractivity contribution in [2.45, 2.75) is 25.3 Å². The lowest BCUT2D eigenvalue weighted by Crippen LogP contribution is -2.39. The van der Waals surface area contributed by atoms with Crippen molar-refractivity contribution in [3.8, 4) is 0 Å². The Kier molecular flexibility index (Phi) is 4.99. The summed E-state index contributed by atoms with van der Waals surface area (Å²) in [5.74, 6) is 1.44. The van der Waals surface area contributed by atoms with Gasteiger partial charge >= 0.3 is 0 Å². The summed E-state index contributed by atoms with van der Waals surface area (Å²) in [5.41, 5.74) is 1.88. The number of carbonyl (C=O) groups excluding carboxylic acids is 1. The van der Waals surface area contributed by atoms with Gasteiger partial charge in [-0.2, -0.15) is 0 Å². The van der Waals surface area contributed by atoms with Crippen molar-refractivity contribution in [1.29, 1.82) is 0 Å².